The van der Waals surface area contributed by atoms with Crippen LogP contribution in [0.15, 0.2) is 12.3 Å². The molecule has 1 aromatic rings. The van der Waals surface area contributed by atoms with Gasteiger partial charge in [0.2, 0.25) is 5.82 Å². The number of aryl methyl sites for hydroxylation is 1. The van der Waals surface area contributed by atoms with Gasteiger partial charge in [0.05, 0.1) is 4.92 Å². The molecule has 1 rings (SSSR count). The molecule has 104 valence electrons. The van der Waals surface area contributed by atoms with Gasteiger partial charge < -0.3 is 10.0 Å². The van der Waals surface area contributed by atoms with Gasteiger partial charge in [-0.2, -0.15) is 0 Å². The molecule has 7 nitrogen and oxygen atoms in total. The molecule has 19 heavy (non-hydrogen) atoms. The van der Waals surface area contributed by atoms with Crippen molar-refractivity contribution in [3.8, 4) is 0 Å². The molecule has 0 spiro atoms. The highest BCUT2D eigenvalue weighted by atomic mass is 16.6. The number of rotatable bonds is 4. The summed E-state index contributed by atoms with van der Waals surface area (Å²) in [6.07, 6.45) is 1.44. The van der Waals surface area contributed by atoms with Crippen molar-refractivity contribution in [3.05, 3.63) is 27.9 Å². The highest BCUT2D eigenvalue weighted by Gasteiger charge is 2.31. The van der Waals surface area contributed by atoms with Crippen LogP contribution in [0.1, 0.15) is 26.3 Å². The lowest BCUT2D eigenvalue weighted by molar-refractivity contribution is -0.385. The van der Waals surface area contributed by atoms with Gasteiger partial charge in [-0.25, -0.2) is 4.98 Å². The molecule has 1 aromatic heterocycles. The van der Waals surface area contributed by atoms with E-state index >= 15 is 0 Å². The second kappa shape index (κ2) is 5.21. The summed E-state index contributed by atoms with van der Waals surface area (Å²) >= 11 is 0. The molecule has 0 bridgehead atoms. The molecule has 0 amide bonds. The summed E-state index contributed by atoms with van der Waals surface area (Å²) in [5.74, 6) is -0.979. The number of hydrogen-bond acceptors (Lipinski definition) is 5. The minimum atomic E-state index is -1.06. The predicted molar refractivity (Wildman–Crippen MR) is 70.4 cm³/mol. The molecule has 0 saturated heterocycles. The fourth-order valence-electron chi connectivity index (χ4n) is 1.72. The first-order chi connectivity index (χ1) is 8.64. The lowest BCUT2D eigenvalue weighted by Crippen LogP contribution is -2.45. The van der Waals surface area contributed by atoms with Crippen LogP contribution in [0.2, 0.25) is 0 Å². The van der Waals surface area contributed by atoms with Gasteiger partial charge in [-0.05, 0) is 33.8 Å². The number of nitro groups is 1. The third kappa shape index (κ3) is 3.40. The number of aromatic nitrogens is 1. The Morgan fingerprint density at radius 3 is 2.53 bits per heavy atom. The first-order valence-electron chi connectivity index (χ1n) is 5.74. The molecule has 1 N–H and O–H groups in total. The SMILES string of the molecule is Cc1ccnc(N(CC(=O)O)C(C)(C)C)c1[N+](=O)[O-]. The normalized spacial score (nSPS) is 11.2. The molecule has 0 unspecified atom stereocenters. The molecule has 7 heteroatoms. The van der Waals surface area contributed by atoms with E-state index in [0.29, 0.717) is 5.56 Å². The average Bonchev–Trinajstić information content (AvgIpc) is 2.23. The average molecular weight is 267 g/mol. The topological polar surface area (TPSA) is 96.6 Å². The van der Waals surface area contributed by atoms with E-state index in [2.05, 4.69) is 4.98 Å². The van der Waals surface area contributed by atoms with Crippen molar-refractivity contribution in [1.29, 1.82) is 0 Å². The van der Waals surface area contributed by atoms with Crippen molar-refractivity contribution in [1.82, 2.24) is 4.98 Å². The van der Waals surface area contributed by atoms with E-state index in [-0.39, 0.29) is 18.1 Å². The first-order valence-corrected chi connectivity index (χ1v) is 5.74. The van der Waals surface area contributed by atoms with Crippen molar-refractivity contribution < 1.29 is 14.8 Å². The minimum absolute atomic E-state index is 0.0832. The summed E-state index contributed by atoms with van der Waals surface area (Å²) in [6.45, 7) is 6.60. The Labute approximate surface area is 111 Å². The van der Waals surface area contributed by atoms with Crippen molar-refractivity contribution in [2.24, 2.45) is 0 Å². The fourth-order valence-corrected chi connectivity index (χ4v) is 1.72. The van der Waals surface area contributed by atoms with Crippen molar-refractivity contribution in [2.45, 2.75) is 33.2 Å². The maximum atomic E-state index is 11.2. The Hall–Kier alpha value is -2.18. The number of carbonyl (C=O) groups is 1. The van der Waals surface area contributed by atoms with Gasteiger partial charge in [0.1, 0.15) is 6.54 Å². The van der Waals surface area contributed by atoms with E-state index in [9.17, 15) is 14.9 Å². The Morgan fingerprint density at radius 2 is 2.11 bits per heavy atom. The lowest BCUT2D eigenvalue weighted by atomic mass is 10.1. The summed E-state index contributed by atoms with van der Waals surface area (Å²) in [4.78, 5) is 27.0. The van der Waals surface area contributed by atoms with Crippen molar-refractivity contribution in [2.75, 3.05) is 11.4 Å². The molecule has 0 radical (unpaired) electrons. The summed E-state index contributed by atoms with van der Waals surface area (Å²) in [5.41, 5.74) is -0.294. The predicted octanol–water partition coefficient (Wildman–Crippen LogP) is 1.99. The molecule has 0 aliphatic heterocycles. The first kappa shape index (κ1) is 14.9. The summed E-state index contributed by atoms with van der Waals surface area (Å²) < 4.78 is 0. The molecule has 0 saturated carbocycles. The van der Waals surface area contributed by atoms with Gasteiger partial charge in [0, 0.05) is 17.3 Å². The maximum absolute atomic E-state index is 11.2. The molecule has 0 aliphatic carbocycles. The zero-order valence-electron chi connectivity index (χ0n) is 11.4. The van der Waals surface area contributed by atoms with E-state index in [1.54, 1.807) is 27.7 Å². The van der Waals surface area contributed by atoms with Gasteiger partial charge >= 0.3 is 11.7 Å². The number of carboxylic acid groups (broad SMARTS) is 1. The lowest BCUT2D eigenvalue weighted by Gasteiger charge is -2.35. The van der Waals surface area contributed by atoms with Gasteiger partial charge in [0.25, 0.3) is 0 Å². The molecule has 1 heterocycles. The number of nitrogens with zero attached hydrogens (tertiary/aromatic N) is 3. The third-order valence-corrected chi connectivity index (χ3v) is 2.65. The van der Waals surface area contributed by atoms with E-state index in [1.165, 1.54) is 17.2 Å². The van der Waals surface area contributed by atoms with Crippen LogP contribution < -0.4 is 4.90 Å². The number of anilines is 1. The van der Waals surface area contributed by atoms with E-state index in [1.807, 2.05) is 0 Å². The largest absolute Gasteiger partial charge is 0.480 e. The fraction of sp³-hybridized carbons (Fsp3) is 0.500. The van der Waals surface area contributed by atoms with E-state index < -0.39 is 16.4 Å². The number of carboxylic acids is 1. The van der Waals surface area contributed by atoms with E-state index in [4.69, 9.17) is 5.11 Å². The Balaban J connectivity index is 3.42. The number of hydrogen-bond donors (Lipinski definition) is 1. The van der Waals surface area contributed by atoms with Crippen LogP contribution in [0.3, 0.4) is 0 Å². The van der Waals surface area contributed by atoms with Crippen LogP contribution in [0.4, 0.5) is 11.5 Å². The smallest absolute Gasteiger partial charge is 0.323 e. The highest BCUT2D eigenvalue weighted by Crippen LogP contribution is 2.32. The molecule has 0 aromatic carbocycles. The molecule has 0 atom stereocenters. The van der Waals surface area contributed by atoms with Crippen LogP contribution in [0.5, 0.6) is 0 Å². The second-order valence-corrected chi connectivity index (χ2v) is 5.21. The Morgan fingerprint density at radius 1 is 1.53 bits per heavy atom. The Kier molecular flexibility index (Phi) is 4.08. The maximum Gasteiger partial charge on any atom is 0.323 e. The van der Waals surface area contributed by atoms with Crippen molar-refractivity contribution in [3.63, 3.8) is 0 Å². The number of aliphatic carboxylic acids is 1. The monoisotopic (exact) mass is 267 g/mol. The zero-order valence-corrected chi connectivity index (χ0v) is 11.4. The van der Waals surface area contributed by atoms with Crippen molar-refractivity contribution >= 4 is 17.5 Å². The van der Waals surface area contributed by atoms with Gasteiger partial charge in [-0.3, -0.25) is 14.9 Å². The van der Waals surface area contributed by atoms with E-state index in [0.717, 1.165) is 0 Å². The quantitative estimate of drug-likeness (QED) is 0.662. The molecular formula is C12H17N3O4. The summed E-state index contributed by atoms with van der Waals surface area (Å²) in [7, 11) is 0. The minimum Gasteiger partial charge on any atom is -0.480 e. The third-order valence-electron chi connectivity index (χ3n) is 2.65. The second-order valence-electron chi connectivity index (χ2n) is 5.21. The highest BCUT2D eigenvalue weighted by molar-refractivity contribution is 5.76. The molecular weight excluding hydrogens is 250 g/mol. The zero-order chi connectivity index (χ0) is 14.8. The van der Waals surface area contributed by atoms with Crippen LogP contribution >= 0.6 is 0 Å². The van der Waals surface area contributed by atoms with Gasteiger partial charge in [0.15, 0.2) is 0 Å². The van der Waals surface area contributed by atoms with Crippen LogP contribution in [-0.4, -0.2) is 33.1 Å². The van der Waals surface area contributed by atoms with Crippen LogP contribution in [-0.2, 0) is 4.79 Å². The van der Waals surface area contributed by atoms with Gasteiger partial charge in [-0.1, -0.05) is 0 Å². The van der Waals surface area contributed by atoms with Crippen LogP contribution in [0, 0.1) is 17.0 Å². The standard InChI is InChI=1S/C12H17N3O4/c1-8-5-6-13-11(10(8)15(18)19)14(7-9(16)17)12(2,3)4/h5-6H,7H2,1-4H3,(H,16,17). The van der Waals surface area contributed by atoms with Crippen LogP contribution in [0.25, 0.3) is 0 Å². The number of pyridine rings is 1. The van der Waals surface area contributed by atoms with Gasteiger partial charge in [-0.15, -0.1) is 0 Å². The summed E-state index contributed by atoms with van der Waals surface area (Å²) in [5, 5.41) is 20.1. The molecule has 0 aliphatic rings. The molecule has 0 fully saturated rings. The Bertz CT molecular complexity index is 508. The summed E-state index contributed by atoms with van der Waals surface area (Å²) in [6, 6.07) is 1.53.